The molecule has 1 fully saturated rings. The van der Waals surface area contributed by atoms with Crippen LogP contribution in [-0.4, -0.2) is 36.1 Å². The van der Waals surface area contributed by atoms with Crippen LogP contribution in [0.4, 0.5) is 0 Å². The third kappa shape index (κ3) is 3.32. The fourth-order valence-electron chi connectivity index (χ4n) is 2.35. The van der Waals surface area contributed by atoms with Crippen molar-refractivity contribution in [2.45, 2.75) is 52.2 Å². The first-order chi connectivity index (χ1) is 7.06. The van der Waals surface area contributed by atoms with E-state index in [0.29, 0.717) is 18.1 Å². The molecule has 1 heterocycles. The molecular weight excluding hydrogens is 184 g/mol. The molecule has 1 N–H and O–H groups in total. The molecule has 3 unspecified atom stereocenters. The Morgan fingerprint density at radius 3 is 2.67 bits per heavy atom. The first-order valence-electron chi connectivity index (χ1n) is 6.16. The molecule has 2 heteroatoms. The van der Waals surface area contributed by atoms with Crippen molar-refractivity contribution in [1.82, 2.24) is 10.2 Å². The van der Waals surface area contributed by atoms with Gasteiger partial charge in [-0.3, -0.25) is 4.90 Å². The molecule has 0 aromatic rings. The fourth-order valence-corrected chi connectivity index (χ4v) is 2.35. The average Bonchev–Trinajstić information content (AvgIpc) is 2.18. The molecule has 0 aliphatic carbocycles. The van der Waals surface area contributed by atoms with Gasteiger partial charge < -0.3 is 5.32 Å². The summed E-state index contributed by atoms with van der Waals surface area (Å²) < 4.78 is 0. The molecule has 0 aromatic heterocycles. The van der Waals surface area contributed by atoms with Gasteiger partial charge in [0.25, 0.3) is 0 Å². The summed E-state index contributed by atoms with van der Waals surface area (Å²) in [5.74, 6) is 0.718. The van der Waals surface area contributed by atoms with E-state index in [-0.39, 0.29) is 0 Å². The van der Waals surface area contributed by atoms with Crippen molar-refractivity contribution < 1.29 is 0 Å². The molecule has 0 aromatic carbocycles. The van der Waals surface area contributed by atoms with E-state index in [2.05, 4.69) is 44.5 Å². The second kappa shape index (κ2) is 5.66. The minimum absolute atomic E-state index is 0.626. The third-order valence-corrected chi connectivity index (χ3v) is 3.53. The molecule has 0 spiro atoms. The SMILES string of the molecule is C=CCC(C)N1CC(C(C)C)NCC1C. The van der Waals surface area contributed by atoms with E-state index in [1.807, 2.05) is 6.08 Å². The quantitative estimate of drug-likeness (QED) is 0.716. The van der Waals surface area contributed by atoms with Crippen LogP contribution in [0.25, 0.3) is 0 Å². The molecule has 0 bridgehead atoms. The van der Waals surface area contributed by atoms with E-state index in [9.17, 15) is 0 Å². The molecule has 15 heavy (non-hydrogen) atoms. The number of hydrogen-bond acceptors (Lipinski definition) is 2. The zero-order valence-corrected chi connectivity index (χ0v) is 10.7. The first kappa shape index (κ1) is 12.7. The van der Waals surface area contributed by atoms with Crippen LogP contribution >= 0.6 is 0 Å². The number of rotatable bonds is 4. The molecule has 1 rings (SSSR count). The highest BCUT2D eigenvalue weighted by Gasteiger charge is 2.28. The standard InChI is InChI=1S/C13H26N2/c1-6-7-11(4)15-9-13(10(2)3)14-8-12(15)5/h6,10-14H,1,7-9H2,2-5H3. The maximum Gasteiger partial charge on any atom is 0.0218 e. The number of nitrogens with one attached hydrogen (secondary N) is 1. The van der Waals surface area contributed by atoms with Crippen LogP contribution in [0.1, 0.15) is 34.1 Å². The first-order valence-corrected chi connectivity index (χ1v) is 6.16. The highest BCUT2D eigenvalue weighted by atomic mass is 15.2. The fraction of sp³-hybridized carbons (Fsp3) is 0.846. The summed E-state index contributed by atoms with van der Waals surface area (Å²) in [6.45, 7) is 15.3. The van der Waals surface area contributed by atoms with E-state index >= 15 is 0 Å². The lowest BCUT2D eigenvalue weighted by molar-refractivity contribution is 0.0864. The van der Waals surface area contributed by atoms with Gasteiger partial charge in [-0.05, 0) is 26.2 Å². The molecule has 1 aliphatic rings. The van der Waals surface area contributed by atoms with E-state index in [4.69, 9.17) is 0 Å². The topological polar surface area (TPSA) is 15.3 Å². The number of hydrogen-bond donors (Lipinski definition) is 1. The van der Waals surface area contributed by atoms with E-state index < -0.39 is 0 Å². The molecule has 2 nitrogen and oxygen atoms in total. The largest absolute Gasteiger partial charge is 0.311 e. The van der Waals surface area contributed by atoms with E-state index in [1.165, 1.54) is 6.54 Å². The average molecular weight is 210 g/mol. The van der Waals surface area contributed by atoms with Crippen LogP contribution in [-0.2, 0) is 0 Å². The molecule has 0 saturated carbocycles. The van der Waals surface area contributed by atoms with Gasteiger partial charge in [-0.2, -0.15) is 0 Å². The van der Waals surface area contributed by atoms with Gasteiger partial charge in [-0.1, -0.05) is 19.9 Å². The number of piperazine rings is 1. The molecular formula is C13H26N2. The summed E-state index contributed by atoms with van der Waals surface area (Å²) in [6, 6.07) is 1.92. The molecule has 0 radical (unpaired) electrons. The minimum Gasteiger partial charge on any atom is -0.311 e. The Kier molecular flexibility index (Phi) is 4.81. The lowest BCUT2D eigenvalue weighted by Crippen LogP contribution is -2.59. The van der Waals surface area contributed by atoms with Gasteiger partial charge in [-0.25, -0.2) is 0 Å². The zero-order valence-electron chi connectivity index (χ0n) is 10.7. The van der Waals surface area contributed by atoms with Gasteiger partial charge in [0.1, 0.15) is 0 Å². The van der Waals surface area contributed by atoms with Crippen LogP contribution in [0.3, 0.4) is 0 Å². The van der Waals surface area contributed by atoms with Crippen molar-refractivity contribution in [3.8, 4) is 0 Å². The molecule has 0 amide bonds. The Morgan fingerprint density at radius 1 is 1.47 bits per heavy atom. The summed E-state index contributed by atoms with van der Waals surface area (Å²) in [5.41, 5.74) is 0. The van der Waals surface area contributed by atoms with Crippen LogP contribution in [0.15, 0.2) is 12.7 Å². The van der Waals surface area contributed by atoms with Crippen LogP contribution < -0.4 is 5.32 Å². The summed E-state index contributed by atoms with van der Waals surface area (Å²) in [5, 5.41) is 3.63. The van der Waals surface area contributed by atoms with Crippen molar-refractivity contribution >= 4 is 0 Å². The Bertz CT molecular complexity index is 201. The van der Waals surface area contributed by atoms with Gasteiger partial charge in [0.2, 0.25) is 0 Å². The maximum absolute atomic E-state index is 3.83. The minimum atomic E-state index is 0.626. The van der Waals surface area contributed by atoms with Gasteiger partial charge in [0.15, 0.2) is 0 Å². The molecule has 1 saturated heterocycles. The predicted octanol–water partition coefficient (Wildman–Crippen LogP) is 2.27. The van der Waals surface area contributed by atoms with Crippen molar-refractivity contribution in [2.75, 3.05) is 13.1 Å². The van der Waals surface area contributed by atoms with Crippen molar-refractivity contribution in [3.05, 3.63) is 12.7 Å². The van der Waals surface area contributed by atoms with Gasteiger partial charge in [-0.15, -0.1) is 6.58 Å². The van der Waals surface area contributed by atoms with Gasteiger partial charge >= 0.3 is 0 Å². The zero-order chi connectivity index (χ0) is 11.4. The van der Waals surface area contributed by atoms with Gasteiger partial charge in [0.05, 0.1) is 0 Å². The highest BCUT2D eigenvalue weighted by molar-refractivity contribution is 4.89. The highest BCUT2D eigenvalue weighted by Crippen LogP contribution is 2.17. The van der Waals surface area contributed by atoms with Gasteiger partial charge in [0, 0.05) is 31.2 Å². The van der Waals surface area contributed by atoms with Crippen LogP contribution in [0.2, 0.25) is 0 Å². The molecule has 3 atom stereocenters. The van der Waals surface area contributed by atoms with Crippen LogP contribution in [0.5, 0.6) is 0 Å². The van der Waals surface area contributed by atoms with E-state index in [0.717, 1.165) is 18.9 Å². The molecule has 1 aliphatic heterocycles. The van der Waals surface area contributed by atoms with Crippen molar-refractivity contribution in [3.63, 3.8) is 0 Å². The summed E-state index contributed by atoms with van der Waals surface area (Å²) in [6.07, 6.45) is 3.12. The van der Waals surface area contributed by atoms with Crippen molar-refractivity contribution in [2.24, 2.45) is 5.92 Å². The van der Waals surface area contributed by atoms with E-state index in [1.54, 1.807) is 0 Å². The van der Waals surface area contributed by atoms with Crippen molar-refractivity contribution in [1.29, 1.82) is 0 Å². The second-order valence-electron chi connectivity index (χ2n) is 5.18. The maximum atomic E-state index is 3.83. The van der Waals surface area contributed by atoms with Crippen LogP contribution in [0, 0.1) is 5.92 Å². The monoisotopic (exact) mass is 210 g/mol. The summed E-state index contributed by atoms with van der Waals surface area (Å²) in [4.78, 5) is 2.61. The Hall–Kier alpha value is -0.340. The Morgan fingerprint density at radius 2 is 2.13 bits per heavy atom. The molecule has 88 valence electrons. The second-order valence-corrected chi connectivity index (χ2v) is 5.18. The lowest BCUT2D eigenvalue weighted by Gasteiger charge is -2.43. The normalized spacial score (nSPS) is 30.5. The smallest absolute Gasteiger partial charge is 0.0218 e. The summed E-state index contributed by atoms with van der Waals surface area (Å²) in [7, 11) is 0. The Balaban J connectivity index is 2.56. The Labute approximate surface area is 94.7 Å². The lowest BCUT2D eigenvalue weighted by atomic mass is 9.98. The third-order valence-electron chi connectivity index (χ3n) is 3.53. The predicted molar refractivity (Wildman–Crippen MR) is 67.1 cm³/mol. The summed E-state index contributed by atoms with van der Waals surface area (Å²) >= 11 is 0. The number of nitrogens with zero attached hydrogens (tertiary/aromatic N) is 1.